The van der Waals surface area contributed by atoms with E-state index in [9.17, 15) is 18.3 Å². The lowest BCUT2D eigenvalue weighted by molar-refractivity contribution is 0.0330. The molecular weight excluding hydrogens is 441 g/mol. The van der Waals surface area contributed by atoms with Crippen LogP contribution in [0.4, 0.5) is 18.9 Å². The Morgan fingerprint density at radius 2 is 2.07 bits per heavy atom. The molecule has 2 heterocycles. The van der Waals surface area contributed by atoms with Gasteiger partial charge in [0.15, 0.2) is 11.8 Å². The number of nitrogens with one attached hydrogen (secondary N) is 1. The molecule has 0 saturated heterocycles. The largest absolute Gasteiger partial charge is 0.385 e. The molecule has 0 fully saturated rings. The summed E-state index contributed by atoms with van der Waals surface area (Å²) in [6.07, 6.45) is -2.95. The molecule has 0 aliphatic carbocycles. The van der Waals surface area contributed by atoms with Crippen molar-refractivity contribution < 1.29 is 23.0 Å². The van der Waals surface area contributed by atoms with E-state index < -0.39 is 24.0 Å². The van der Waals surface area contributed by atoms with E-state index in [0.29, 0.717) is 5.69 Å². The van der Waals surface area contributed by atoms with Gasteiger partial charge < -0.3 is 20.9 Å². The number of aliphatic hydroxyl groups is 1. The molecule has 6 nitrogen and oxygen atoms in total. The number of amidine groups is 1. The van der Waals surface area contributed by atoms with E-state index in [1.165, 1.54) is 18.3 Å². The summed E-state index contributed by atoms with van der Waals surface area (Å²) in [5.41, 5.74) is 3.70. The smallest absolute Gasteiger partial charge is 0.267 e. The molecule has 150 valence electrons. The third-order valence-corrected chi connectivity index (χ3v) is 4.82. The Morgan fingerprint density at radius 1 is 1.29 bits per heavy atom. The van der Waals surface area contributed by atoms with Crippen LogP contribution in [0, 0.1) is 5.82 Å². The SMILES string of the molecule is NC1=N[C@@](c2cc(NC(O)c3ccc(Br)cn3)ccc2F)(C(F)F)CCOC1. The van der Waals surface area contributed by atoms with Crippen LogP contribution in [0.3, 0.4) is 0 Å². The first-order valence-electron chi connectivity index (χ1n) is 8.38. The number of ether oxygens (including phenoxy) is 1. The summed E-state index contributed by atoms with van der Waals surface area (Å²) < 4.78 is 48.5. The van der Waals surface area contributed by atoms with Crippen LogP contribution in [0.15, 0.2) is 46.0 Å². The summed E-state index contributed by atoms with van der Waals surface area (Å²) in [6, 6.07) is 6.85. The first-order valence-corrected chi connectivity index (χ1v) is 9.17. The van der Waals surface area contributed by atoms with Crippen molar-refractivity contribution in [2.75, 3.05) is 18.5 Å². The van der Waals surface area contributed by atoms with Gasteiger partial charge in [-0.1, -0.05) is 0 Å². The molecule has 10 heteroatoms. The van der Waals surface area contributed by atoms with Gasteiger partial charge in [0.2, 0.25) is 0 Å². The molecule has 2 aromatic rings. The zero-order valence-corrected chi connectivity index (χ0v) is 16.2. The number of alkyl halides is 2. The summed E-state index contributed by atoms with van der Waals surface area (Å²) in [4.78, 5) is 7.96. The lowest BCUT2D eigenvalue weighted by Gasteiger charge is -2.29. The Morgan fingerprint density at radius 3 is 2.75 bits per heavy atom. The molecule has 2 atom stereocenters. The predicted octanol–water partition coefficient (Wildman–Crippen LogP) is 3.32. The lowest BCUT2D eigenvalue weighted by atomic mass is 9.87. The van der Waals surface area contributed by atoms with Crippen molar-refractivity contribution in [3.05, 3.63) is 58.1 Å². The first kappa shape index (κ1) is 20.6. The first-order chi connectivity index (χ1) is 13.3. The van der Waals surface area contributed by atoms with Gasteiger partial charge in [-0.15, -0.1) is 0 Å². The van der Waals surface area contributed by atoms with Crippen LogP contribution in [-0.4, -0.2) is 35.6 Å². The average molecular weight is 459 g/mol. The number of halogens is 4. The molecule has 4 N–H and O–H groups in total. The fourth-order valence-electron chi connectivity index (χ4n) is 2.95. The summed E-state index contributed by atoms with van der Waals surface area (Å²) in [5, 5.41) is 13.0. The van der Waals surface area contributed by atoms with Crippen molar-refractivity contribution in [1.29, 1.82) is 0 Å². The number of nitrogens with two attached hydrogens (primary N) is 1. The minimum atomic E-state index is -3.00. The number of aliphatic imine (C=N–C) groups is 1. The number of aliphatic hydroxyl groups excluding tert-OH is 1. The fraction of sp³-hybridized carbons (Fsp3) is 0.333. The molecule has 0 saturated carbocycles. The highest BCUT2D eigenvalue weighted by atomic mass is 79.9. The topological polar surface area (TPSA) is 92.8 Å². The van der Waals surface area contributed by atoms with E-state index in [4.69, 9.17) is 10.5 Å². The normalized spacial score (nSPS) is 21.1. The number of hydrogen-bond donors (Lipinski definition) is 3. The van der Waals surface area contributed by atoms with E-state index in [1.807, 2.05) is 0 Å². The molecule has 1 unspecified atom stereocenters. The zero-order chi connectivity index (χ0) is 20.3. The highest BCUT2D eigenvalue weighted by Crippen LogP contribution is 2.40. The monoisotopic (exact) mass is 458 g/mol. The van der Waals surface area contributed by atoms with Gasteiger partial charge in [0, 0.05) is 28.3 Å². The maximum atomic E-state index is 14.5. The Labute approximate surface area is 167 Å². The van der Waals surface area contributed by atoms with Crippen molar-refractivity contribution in [2.24, 2.45) is 10.7 Å². The van der Waals surface area contributed by atoms with Gasteiger partial charge in [0.1, 0.15) is 18.3 Å². The number of pyridine rings is 1. The number of rotatable bonds is 5. The standard InChI is InChI=1S/C18H18BrF3N4O2/c19-10-1-4-14(24-8-10)16(27)25-11-2-3-13(20)12(7-11)18(17(21)22)5-6-28-9-15(23)26-18/h1-4,7-8,16-17,25,27H,5-6,9H2,(H2,23,26)/t16?,18-/m0/s1. The molecule has 1 aliphatic rings. The molecule has 0 bridgehead atoms. The van der Waals surface area contributed by atoms with Gasteiger partial charge in [0.25, 0.3) is 6.43 Å². The van der Waals surface area contributed by atoms with Crippen molar-refractivity contribution in [3.8, 4) is 0 Å². The summed E-state index contributed by atoms with van der Waals surface area (Å²) in [7, 11) is 0. The number of nitrogens with zero attached hydrogens (tertiary/aromatic N) is 2. The minimum absolute atomic E-state index is 0.0446. The van der Waals surface area contributed by atoms with Crippen molar-refractivity contribution in [2.45, 2.75) is 24.6 Å². The van der Waals surface area contributed by atoms with E-state index in [1.54, 1.807) is 12.1 Å². The van der Waals surface area contributed by atoms with Gasteiger partial charge in [-0.05, 0) is 46.3 Å². The molecular formula is C18H18BrF3N4O2. The summed E-state index contributed by atoms with van der Waals surface area (Å²) >= 11 is 3.24. The van der Waals surface area contributed by atoms with E-state index in [2.05, 4.69) is 31.2 Å². The highest BCUT2D eigenvalue weighted by molar-refractivity contribution is 9.10. The molecule has 0 amide bonds. The third-order valence-electron chi connectivity index (χ3n) is 4.35. The molecule has 1 aromatic carbocycles. The van der Waals surface area contributed by atoms with Crippen molar-refractivity contribution >= 4 is 27.5 Å². The number of aromatic nitrogens is 1. The fourth-order valence-corrected chi connectivity index (χ4v) is 3.18. The van der Waals surface area contributed by atoms with Crippen LogP contribution in [0.2, 0.25) is 0 Å². The van der Waals surface area contributed by atoms with Crippen LogP contribution in [-0.2, 0) is 10.3 Å². The molecule has 3 rings (SSSR count). The van der Waals surface area contributed by atoms with Gasteiger partial charge in [-0.2, -0.15) is 0 Å². The Hall–Kier alpha value is -2.17. The quantitative estimate of drug-likeness (QED) is 0.597. The van der Waals surface area contributed by atoms with E-state index in [-0.39, 0.29) is 36.7 Å². The molecule has 1 aliphatic heterocycles. The van der Waals surface area contributed by atoms with Gasteiger partial charge in [0.05, 0.1) is 12.3 Å². The van der Waals surface area contributed by atoms with Crippen LogP contribution >= 0.6 is 15.9 Å². The second-order valence-electron chi connectivity index (χ2n) is 6.27. The number of anilines is 1. The van der Waals surface area contributed by atoms with Crippen LogP contribution in [0.25, 0.3) is 0 Å². The maximum absolute atomic E-state index is 14.5. The van der Waals surface area contributed by atoms with Crippen molar-refractivity contribution in [1.82, 2.24) is 4.98 Å². The summed E-state index contributed by atoms with van der Waals surface area (Å²) in [6.45, 7) is -0.140. The number of benzene rings is 1. The van der Waals surface area contributed by atoms with Crippen LogP contribution in [0.1, 0.15) is 23.9 Å². The molecule has 28 heavy (non-hydrogen) atoms. The maximum Gasteiger partial charge on any atom is 0.267 e. The van der Waals surface area contributed by atoms with E-state index >= 15 is 0 Å². The molecule has 0 radical (unpaired) electrons. The third kappa shape index (κ3) is 4.29. The van der Waals surface area contributed by atoms with Gasteiger partial charge in [-0.3, -0.25) is 9.98 Å². The Kier molecular flexibility index (Phi) is 6.21. The zero-order valence-electron chi connectivity index (χ0n) is 14.6. The molecule has 0 spiro atoms. The predicted molar refractivity (Wildman–Crippen MR) is 102 cm³/mol. The van der Waals surface area contributed by atoms with E-state index in [0.717, 1.165) is 10.5 Å². The van der Waals surface area contributed by atoms with Crippen LogP contribution < -0.4 is 11.1 Å². The molecule has 1 aromatic heterocycles. The van der Waals surface area contributed by atoms with Crippen molar-refractivity contribution in [3.63, 3.8) is 0 Å². The Balaban J connectivity index is 1.96. The number of hydrogen-bond acceptors (Lipinski definition) is 6. The van der Waals surface area contributed by atoms with Gasteiger partial charge in [-0.25, -0.2) is 13.2 Å². The average Bonchev–Trinajstić information content (AvgIpc) is 2.86. The minimum Gasteiger partial charge on any atom is -0.385 e. The second kappa shape index (κ2) is 8.46. The highest BCUT2D eigenvalue weighted by Gasteiger charge is 2.45. The lowest BCUT2D eigenvalue weighted by Crippen LogP contribution is -2.36. The van der Waals surface area contributed by atoms with Crippen LogP contribution in [0.5, 0.6) is 0 Å². The Bertz CT molecular complexity index is 866. The summed E-state index contributed by atoms with van der Waals surface area (Å²) in [5.74, 6) is -0.977. The van der Waals surface area contributed by atoms with Gasteiger partial charge >= 0.3 is 0 Å². The second-order valence-corrected chi connectivity index (χ2v) is 7.19.